The van der Waals surface area contributed by atoms with Crippen molar-refractivity contribution in [2.24, 2.45) is 0 Å². The molecule has 0 aliphatic carbocycles. The van der Waals surface area contributed by atoms with E-state index >= 15 is 0 Å². The second-order valence-electron chi connectivity index (χ2n) is 6.61. The summed E-state index contributed by atoms with van der Waals surface area (Å²) in [7, 11) is 0. The molecule has 2 heterocycles. The number of amides is 1. The average Bonchev–Trinajstić information content (AvgIpc) is 3.13. The third-order valence-corrected chi connectivity index (χ3v) is 4.75. The fraction of sp³-hybridized carbons (Fsp3) is 0.421. The van der Waals surface area contributed by atoms with E-state index in [0.29, 0.717) is 24.2 Å². The molecule has 2 N–H and O–H groups in total. The Labute approximate surface area is 141 Å². The molecule has 0 spiro atoms. The molecule has 2 unspecified atom stereocenters. The first-order valence-electron chi connectivity index (χ1n) is 8.36. The maximum atomic E-state index is 13.0. The van der Waals surface area contributed by atoms with Crippen molar-refractivity contribution in [1.82, 2.24) is 9.88 Å². The topological polar surface area (TPSA) is 56.3 Å². The summed E-state index contributed by atoms with van der Waals surface area (Å²) in [6, 6.07) is 7.85. The lowest BCUT2D eigenvalue weighted by Gasteiger charge is -2.26. The van der Waals surface area contributed by atoms with Crippen molar-refractivity contribution in [1.29, 1.82) is 0 Å². The molecule has 1 aliphatic rings. The molecule has 1 saturated heterocycles. The molecule has 4 nitrogen and oxygen atoms in total. The quantitative estimate of drug-likeness (QED) is 0.901. The van der Waals surface area contributed by atoms with Gasteiger partial charge in [-0.05, 0) is 62.4 Å². The normalized spacial score (nSPS) is 18.8. The number of carbonyl (C=O) groups is 1. The second-order valence-corrected chi connectivity index (χ2v) is 6.61. The molecule has 5 heteroatoms. The molecule has 0 bridgehead atoms. The molecular weight excluding hydrogens is 307 g/mol. The maximum Gasteiger partial charge on any atom is 0.270 e. The van der Waals surface area contributed by atoms with Gasteiger partial charge in [0.2, 0.25) is 0 Å². The Bertz CT molecular complexity index is 723. The fourth-order valence-corrected chi connectivity index (χ4v) is 3.52. The number of hydrogen-bond acceptors (Lipinski definition) is 2. The van der Waals surface area contributed by atoms with E-state index in [1.165, 1.54) is 12.1 Å². The summed E-state index contributed by atoms with van der Waals surface area (Å²) < 4.78 is 13.0. The summed E-state index contributed by atoms with van der Waals surface area (Å²) >= 11 is 0. The first-order valence-corrected chi connectivity index (χ1v) is 8.36. The van der Waals surface area contributed by atoms with Crippen LogP contribution in [0, 0.1) is 19.7 Å². The van der Waals surface area contributed by atoms with Gasteiger partial charge < -0.3 is 15.0 Å². The molecule has 2 aromatic rings. The number of nitrogens with zero attached hydrogens (tertiary/aromatic N) is 1. The first-order chi connectivity index (χ1) is 11.5. The number of hydrogen-bond donors (Lipinski definition) is 2. The van der Waals surface area contributed by atoms with Crippen molar-refractivity contribution in [2.45, 2.75) is 45.3 Å². The Morgan fingerprint density at radius 1 is 1.38 bits per heavy atom. The average molecular weight is 330 g/mol. The van der Waals surface area contributed by atoms with Crippen LogP contribution in [0.4, 0.5) is 4.39 Å². The summed E-state index contributed by atoms with van der Waals surface area (Å²) in [5, 5.41) is 10.4. The van der Waals surface area contributed by atoms with Gasteiger partial charge in [-0.2, -0.15) is 0 Å². The molecule has 0 radical (unpaired) electrons. The summed E-state index contributed by atoms with van der Waals surface area (Å²) in [5.74, 6) is -0.324. The highest BCUT2D eigenvalue weighted by atomic mass is 19.1. The lowest BCUT2D eigenvalue weighted by molar-refractivity contribution is 0.0661. The van der Waals surface area contributed by atoms with Crippen LogP contribution in [0.5, 0.6) is 0 Å². The number of aliphatic hydroxyl groups is 1. The number of rotatable bonds is 4. The van der Waals surface area contributed by atoms with Gasteiger partial charge >= 0.3 is 0 Å². The number of likely N-dealkylation sites (tertiary alicyclic amines) is 1. The van der Waals surface area contributed by atoms with E-state index in [9.17, 15) is 14.3 Å². The molecule has 1 amide bonds. The molecule has 128 valence electrons. The number of carbonyl (C=O) groups excluding carboxylic acids is 1. The number of nitrogens with one attached hydrogen (secondary N) is 1. The zero-order chi connectivity index (χ0) is 17.3. The van der Waals surface area contributed by atoms with E-state index < -0.39 is 6.10 Å². The summed E-state index contributed by atoms with van der Waals surface area (Å²) in [6.45, 7) is 4.57. The SMILES string of the molecule is Cc1cc(C)c(C(=O)N2CCCC2CC(O)c2ccc(F)cc2)[nH]1. The van der Waals surface area contributed by atoms with Gasteiger partial charge in [-0.15, -0.1) is 0 Å². The van der Waals surface area contributed by atoms with Crippen LogP contribution in [0.25, 0.3) is 0 Å². The number of aliphatic hydroxyl groups excluding tert-OH is 1. The van der Waals surface area contributed by atoms with E-state index in [0.717, 1.165) is 24.1 Å². The molecule has 1 aliphatic heterocycles. The van der Waals surface area contributed by atoms with Crippen molar-refractivity contribution < 1.29 is 14.3 Å². The van der Waals surface area contributed by atoms with Crippen LogP contribution in [-0.2, 0) is 0 Å². The van der Waals surface area contributed by atoms with Gasteiger partial charge in [0.25, 0.3) is 5.91 Å². The molecule has 24 heavy (non-hydrogen) atoms. The van der Waals surface area contributed by atoms with Crippen LogP contribution in [0.3, 0.4) is 0 Å². The van der Waals surface area contributed by atoms with Crippen LogP contribution >= 0.6 is 0 Å². The number of halogens is 1. The Balaban J connectivity index is 1.72. The van der Waals surface area contributed by atoms with E-state index in [2.05, 4.69) is 4.98 Å². The molecule has 0 saturated carbocycles. The van der Waals surface area contributed by atoms with E-state index in [-0.39, 0.29) is 17.8 Å². The van der Waals surface area contributed by atoms with Crippen LogP contribution in [-0.4, -0.2) is 33.5 Å². The summed E-state index contributed by atoms with van der Waals surface area (Å²) in [5.41, 5.74) is 3.23. The molecule has 1 aromatic carbocycles. The highest BCUT2D eigenvalue weighted by Crippen LogP contribution is 2.29. The first kappa shape index (κ1) is 16.7. The number of benzene rings is 1. The summed E-state index contributed by atoms with van der Waals surface area (Å²) in [6.07, 6.45) is 1.58. The van der Waals surface area contributed by atoms with Crippen LogP contribution in [0.1, 0.15) is 52.7 Å². The zero-order valence-electron chi connectivity index (χ0n) is 14.1. The van der Waals surface area contributed by atoms with E-state index in [1.807, 2.05) is 24.8 Å². The third kappa shape index (κ3) is 3.36. The minimum absolute atomic E-state index is 0.000518. The monoisotopic (exact) mass is 330 g/mol. The lowest BCUT2D eigenvalue weighted by Crippen LogP contribution is -2.37. The number of aryl methyl sites for hydroxylation is 2. The van der Waals surface area contributed by atoms with Crippen molar-refractivity contribution in [3.8, 4) is 0 Å². The van der Waals surface area contributed by atoms with Crippen molar-refractivity contribution in [3.05, 3.63) is 58.7 Å². The minimum atomic E-state index is -0.699. The Morgan fingerprint density at radius 2 is 2.08 bits per heavy atom. The Kier molecular flexibility index (Phi) is 4.71. The summed E-state index contributed by atoms with van der Waals surface area (Å²) in [4.78, 5) is 17.8. The number of aromatic amines is 1. The van der Waals surface area contributed by atoms with Gasteiger partial charge in [-0.25, -0.2) is 4.39 Å². The molecule has 3 rings (SSSR count). The van der Waals surface area contributed by atoms with Gasteiger partial charge in [0.15, 0.2) is 0 Å². The van der Waals surface area contributed by atoms with Gasteiger partial charge in [0, 0.05) is 18.3 Å². The smallest absolute Gasteiger partial charge is 0.270 e. The predicted octanol–water partition coefficient (Wildman–Crippen LogP) is 3.50. The number of aromatic nitrogens is 1. The molecule has 1 fully saturated rings. The van der Waals surface area contributed by atoms with Gasteiger partial charge in [0.05, 0.1) is 6.10 Å². The zero-order valence-corrected chi connectivity index (χ0v) is 14.1. The lowest BCUT2D eigenvalue weighted by atomic mass is 10.00. The fourth-order valence-electron chi connectivity index (χ4n) is 3.52. The van der Waals surface area contributed by atoms with Gasteiger partial charge in [-0.1, -0.05) is 12.1 Å². The van der Waals surface area contributed by atoms with Gasteiger partial charge in [-0.3, -0.25) is 4.79 Å². The molecule has 2 atom stereocenters. The van der Waals surface area contributed by atoms with Crippen molar-refractivity contribution in [2.75, 3.05) is 6.54 Å². The molecule has 1 aromatic heterocycles. The van der Waals surface area contributed by atoms with Crippen LogP contribution in [0.15, 0.2) is 30.3 Å². The Morgan fingerprint density at radius 3 is 2.71 bits per heavy atom. The number of H-pyrrole nitrogens is 1. The van der Waals surface area contributed by atoms with Crippen LogP contribution < -0.4 is 0 Å². The van der Waals surface area contributed by atoms with Crippen molar-refractivity contribution >= 4 is 5.91 Å². The molecular formula is C19H23FN2O2. The third-order valence-electron chi connectivity index (χ3n) is 4.75. The second kappa shape index (κ2) is 6.77. The van der Waals surface area contributed by atoms with Crippen molar-refractivity contribution in [3.63, 3.8) is 0 Å². The largest absolute Gasteiger partial charge is 0.388 e. The standard InChI is InChI=1S/C19H23FN2O2/c1-12-10-13(2)21-18(12)19(24)22-9-3-4-16(22)11-17(23)14-5-7-15(20)8-6-14/h5-8,10,16-17,21,23H,3-4,9,11H2,1-2H3. The highest BCUT2D eigenvalue weighted by Gasteiger charge is 2.32. The maximum absolute atomic E-state index is 13.0. The van der Waals surface area contributed by atoms with Gasteiger partial charge in [0.1, 0.15) is 11.5 Å². The van der Waals surface area contributed by atoms with E-state index in [1.54, 1.807) is 12.1 Å². The predicted molar refractivity (Wildman–Crippen MR) is 90.3 cm³/mol. The van der Waals surface area contributed by atoms with E-state index in [4.69, 9.17) is 0 Å². The van der Waals surface area contributed by atoms with Crippen LogP contribution in [0.2, 0.25) is 0 Å². The Hall–Kier alpha value is -2.14. The highest BCUT2D eigenvalue weighted by molar-refractivity contribution is 5.94. The minimum Gasteiger partial charge on any atom is -0.388 e.